The molecule has 0 radical (unpaired) electrons. The first-order chi connectivity index (χ1) is 10.3. The lowest BCUT2D eigenvalue weighted by molar-refractivity contribution is -0.154. The summed E-state index contributed by atoms with van der Waals surface area (Å²) in [4.78, 5) is 28.1. The molecule has 2 rings (SSSR count). The Labute approximate surface area is 123 Å². The van der Waals surface area contributed by atoms with E-state index in [4.69, 9.17) is 5.11 Å². The number of likely N-dealkylation sites (tertiary alicyclic amines) is 1. The topological polar surface area (TPSA) is 79.7 Å². The second-order valence-corrected chi connectivity index (χ2v) is 4.78. The van der Waals surface area contributed by atoms with Crippen LogP contribution in [0.5, 0.6) is 5.88 Å². The predicted octanol–water partition coefficient (Wildman–Crippen LogP) is 1.71. The van der Waals surface area contributed by atoms with Gasteiger partial charge >= 0.3 is 12.1 Å². The number of hydrogen-bond donors (Lipinski definition) is 1. The fraction of sp³-hybridized carbons (Fsp3) is 0.462. The van der Waals surface area contributed by atoms with Crippen LogP contribution in [0.15, 0.2) is 18.3 Å². The lowest BCUT2D eigenvalue weighted by atomic mass is 10.2. The first kappa shape index (κ1) is 16.1. The molecule has 22 heavy (non-hydrogen) atoms. The fourth-order valence-corrected chi connectivity index (χ4v) is 2.18. The number of ether oxygens (including phenoxy) is 1. The van der Waals surface area contributed by atoms with Gasteiger partial charge in [0.15, 0.2) is 6.61 Å². The molecule has 1 amide bonds. The van der Waals surface area contributed by atoms with Gasteiger partial charge in [-0.05, 0) is 18.9 Å². The number of carboxylic acids is 1. The maximum atomic E-state index is 12.2. The third kappa shape index (κ3) is 3.86. The van der Waals surface area contributed by atoms with Crippen LogP contribution in [0.1, 0.15) is 23.2 Å². The van der Waals surface area contributed by atoms with Crippen LogP contribution >= 0.6 is 0 Å². The molecule has 0 aliphatic carbocycles. The second kappa shape index (κ2) is 6.20. The van der Waals surface area contributed by atoms with E-state index in [0.29, 0.717) is 19.4 Å². The molecule has 1 aromatic rings. The van der Waals surface area contributed by atoms with E-state index in [1.807, 2.05) is 0 Å². The van der Waals surface area contributed by atoms with Crippen LogP contribution in [0.3, 0.4) is 0 Å². The molecule has 1 saturated heterocycles. The standard InChI is InChI=1S/C13H13F3N2O4/c14-13(15,16)7-22-10-4-3-8(6-17-10)11(19)18-5-1-2-9(18)12(20)21/h3-4,6,9H,1-2,5,7H2,(H,20,21)/t9-/m1/s1. The summed E-state index contributed by atoms with van der Waals surface area (Å²) in [6.07, 6.45) is -2.43. The Hall–Kier alpha value is -2.32. The Morgan fingerprint density at radius 2 is 2.14 bits per heavy atom. The van der Waals surface area contributed by atoms with Crippen LogP contribution in [0.4, 0.5) is 13.2 Å². The highest BCUT2D eigenvalue weighted by atomic mass is 19.4. The van der Waals surface area contributed by atoms with Crippen molar-refractivity contribution in [3.8, 4) is 5.88 Å². The van der Waals surface area contributed by atoms with Crippen molar-refractivity contribution in [3.05, 3.63) is 23.9 Å². The van der Waals surface area contributed by atoms with Crippen molar-refractivity contribution < 1.29 is 32.6 Å². The van der Waals surface area contributed by atoms with Crippen LogP contribution in [-0.2, 0) is 4.79 Å². The molecule has 0 saturated carbocycles. The van der Waals surface area contributed by atoms with Crippen LogP contribution in [0.25, 0.3) is 0 Å². The summed E-state index contributed by atoms with van der Waals surface area (Å²) < 4.78 is 40.4. The molecule has 1 atom stereocenters. The number of aromatic nitrogens is 1. The van der Waals surface area contributed by atoms with E-state index < -0.39 is 30.7 Å². The van der Waals surface area contributed by atoms with Crippen molar-refractivity contribution >= 4 is 11.9 Å². The zero-order chi connectivity index (χ0) is 16.3. The number of aliphatic carboxylic acids is 1. The average Bonchev–Trinajstić information content (AvgIpc) is 2.94. The second-order valence-electron chi connectivity index (χ2n) is 4.78. The summed E-state index contributed by atoms with van der Waals surface area (Å²) >= 11 is 0. The maximum Gasteiger partial charge on any atom is 0.422 e. The third-order valence-electron chi connectivity index (χ3n) is 3.17. The van der Waals surface area contributed by atoms with Gasteiger partial charge in [-0.25, -0.2) is 9.78 Å². The van der Waals surface area contributed by atoms with Gasteiger partial charge in [0.25, 0.3) is 5.91 Å². The van der Waals surface area contributed by atoms with E-state index in [-0.39, 0.29) is 11.4 Å². The van der Waals surface area contributed by atoms with E-state index in [1.54, 1.807) is 0 Å². The zero-order valence-electron chi connectivity index (χ0n) is 11.3. The molecule has 0 spiro atoms. The molecule has 120 valence electrons. The Balaban J connectivity index is 2.03. The minimum atomic E-state index is -4.47. The van der Waals surface area contributed by atoms with Crippen LogP contribution in [-0.4, -0.2) is 52.2 Å². The van der Waals surface area contributed by atoms with E-state index in [0.717, 1.165) is 12.3 Å². The molecular weight excluding hydrogens is 305 g/mol. The Kier molecular flexibility index (Phi) is 4.53. The highest BCUT2D eigenvalue weighted by Gasteiger charge is 2.34. The third-order valence-corrected chi connectivity index (χ3v) is 3.17. The quantitative estimate of drug-likeness (QED) is 0.914. The highest BCUT2D eigenvalue weighted by molar-refractivity contribution is 5.96. The molecule has 0 aromatic carbocycles. The smallest absolute Gasteiger partial charge is 0.422 e. The summed E-state index contributed by atoms with van der Waals surface area (Å²) in [5, 5.41) is 9.03. The molecule has 0 unspecified atom stereocenters. The minimum Gasteiger partial charge on any atom is -0.480 e. The van der Waals surface area contributed by atoms with Crippen molar-refractivity contribution in [2.75, 3.05) is 13.2 Å². The van der Waals surface area contributed by atoms with Crippen molar-refractivity contribution in [1.29, 1.82) is 0 Å². The number of alkyl halides is 3. The van der Waals surface area contributed by atoms with Gasteiger partial charge < -0.3 is 14.7 Å². The summed E-state index contributed by atoms with van der Waals surface area (Å²) in [5.74, 6) is -1.85. The molecular formula is C13H13F3N2O4. The molecule has 9 heteroatoms. The number of nitrogens with zero attached hydrogens (tertiary/aromatic N) is 2. The van der Waals surface area contributed by atoms with Gasteiger partial charge in [-0.2, -0.15) is 13.2 Å². The van der Waals surface area contributed by atoms with E-state index in [2.05, 4.69) is 9.72 Å². The molecule has 0 bridgehead atoms. The lowest BCUT2D eigenvalue weighted by Crippen LogP contribution is -2.40. The van der Waals surface area contributed by atoms with Gasteiger partial charge in [0, 0.05) is 18.8 Å². The molecule has 1 N–H and O–H groups in total. The molecule has 1 aromatic heterocycles. The number of carbonyl (C=O) groups excluding carboxylic acids is 1. The normalized spacial score (nSPS) is 18.3. The largest absolute Gasteiger partial charge is 0.480 e. The van der Waals surface area contributed by atoms with E-state index >= 15 is 0 Å². The Morgan fingerprint density at radius 1 is 1.41 bits per heavy atom. The fourth-order valence-electron chi connectivity index (χ4n) is 2.18. The van der Waals surface area contributed by atoms with Crippen LogP contribution in [0, 0.1) is 0 Å². The monoisotopic (exact) mass is 318 g/mol. The number of carbonyl (C=O) groups is 2. The van der Waals surface area contributed by atoms with Crippen LogP contribution < -0.4 is 4.74 Å². The molecule has 2 heterocycles. The van der Waals surface area contributed by atoms with Gasteiger partial charge in [-0.1, -0.05) is 0 Å². The summed E-state index contributed by atoms with van der Waals surface area (Å²) in [6.45, 7) is -1.15. The summed E-state index contributed by atoms with van der Waals surface area (Å²) in [6, 6.07) is 1.52. The first-order valence-corrected chi connectivity index (χ1v) is 6.47. The first-order valence-electron chi connectivity index (χ1n) is 6.47. The average molecular weight is 318 g/mol. The number of halogens is 3. The number of pyridine rings is 1. The van der Waals surface area contributed by atoms with Crippen molar-refractivity contribution in [1.82, 2.24) is 9.88 Å². The number of amides is 1. The van der Waals surface area contributed by atoms with Gasteiger partial charge in [0.05, 0.1) is 5.56 Å². The number of rotatable bonds is 4. The van der Waals surface area contributed by atoms with E-state index in [9.17, 15) is 22.8 Å². The van der Waals surface area contributed by atoms with Crippen molar-refractivity contribution in [2.45, 2.75) is 25.1 Å². The lowest BCUT2D eigenvalue weighted by Gasteiger charge is -2.21. The molecule has 6 nitrogen and oxygen atoms in total. The Morgan fingerprint density at radius 3 is 2.68 bits per heavy atom. The maximum absolute atomic E-state index is 12.2. The summed E-state index contributed by atoms with van der Waals surface area (Å²) in [7, 11) is 0. The van der Waals surface area contributed by atoms with Crippen LogP contribution in [0.2, 0.25) is 0 Å². The summed E-state index contributed by atoms with van der Waals surface area (Å²) in [5.41, 5.74) is 0.104. The number of carboxylic acid groups (broad SMARTS) is 1. The number of hydrogen-bond acceptors (Lipinski definition) is 4. The zero-order valence-corrected chi connectivity index (χ0v) is 11.3. The van der Waals surface area contributed by atoms with E-state index in [1.165, 1.54) is 11.0 Å². The van der Waals surface area contributed by atoms with Gasteiger partial charge in [-0.3, -0.25) is 4.79 Å². The molecule has 1 fully saturated rings. The molecule has 1 aliphatic heterocycles. The van der Waals surface area contributed by atoms with Crippen molar-refractivity contribution in [2.24, 2.45) is 0 Å². The predicted molar refractivity (Wildman–Crippen MR) is 67.5 cm³/mol. The minimum absolute atomic E-state index is 0.104. The van der Waals surface area contributed by atoms with Gasteiger partial charge in [0.1, 0.15) is 6.04 Å². The van der Waals surface area contributed by atoms with Crippen molar-refractivity contribution in [3.63, 3.8) is 0 Å². The highest BCUT2D eigenvalue weighted by Crippen LogP contribution is 2.21. The van der Waals surface area contributed by atoms with Gasteiger partial charge in [0.2, 0.25) is 5.88 Å². The molecule has 1 aliphatic rings. The van der Waals surface area contributed by atoms with Gasteiger partial charge in [-0.15, -0.1) is 0 Å². The Bertz CT molecular complexity index is 559. The SMILES string of the molecule is O=C(O)[C@H]1CCCN1C(=O)c1ccc(OCC(F)(F)F)nc1.